The lowest BCUT2D eigenvalue weighted by atomic mass is 9.92. The molecule has 2 aliphatic rings. The first-order valence-corrected chi connectivity index (χ1v) is 12.5. The van der Waals surface area contributed by atoms with E-state index in [-0.39, 0.29) is 17.8 Å². The SMILES string of the molecule is CC1C=C(Br)CCC(C)C(=N)/C(N2CCCCC(C(=O)OC(C)(C)C)CCC2)=C/C1. The lowest BCUT2D eigenvalue weighted by Gasteiger charge is -2.30. The van der Waals surface area contributed by atoms with Gasteiger partial charge in [-0.3, -0.25) is 4.79 Å². The molecule has 0 spiro atoms. The van der Waals surface area contributed by atoms with E-state index in [4.69, 9.17) is 10.1 Å². The second-order valence-electron chi connectivity index (χ2n) is 10.1. The normalized spacial score (nSPS) is 29.6. The zero-order valence-electron chi connectivity index (χ0n) is 19.6. The molecule has 1 saturated heterocycles. The third-order valence-corrected chi connectivity index (χ3v) is 6.69. The number of ether oxygens (including phenoxy) is 1. The molecule has 0 aromatic carbocycles. The predicted molar refractivity (Wildman–Crippen MR) is 129 cm³/mol. The smallest absolute Gasteiger partial charge is 0.309 e. The molecular formula is C25H41BrN2O2. The first kappa shape index (κ1) is 25.2. The topological polar surface area (TPSA) is 53.4 Å². The van der Waals surface area contributed by atoms with E-state index < -0.39 is 5.60 Å². The molecule has 170 valence electrons. The first-order valence-electron chi connectivity index (χ1n) is 11.7. The number of rotatable bonds is 2. The summed E-state index contributed by atoms with van der Waals surface area (Å²) in [5, 5.41) is 8.89. The third-order valence-electron chi connectivity index (χ3n) is 6.03. The van der Waals surface area contributed by atoms with Gasteiger partial charge in [-0.05, 0) is 76.1 Å². The monoisotopic (exact) mass is 480 g/mol. The van der Waals surface area contributed by atoms with Gasteiger partial charge in [0.1, 0.15) is 5.60 Å². The van der Waals surface area contributed by atoms with Gasteiger partial charge in [-0.2, -0.15) is 0 Å². The maximum Gasteiger partial charge on any atom is 0.309 e. The Balaban J connectivity index is 2.10. The molecule has 5 heteroatoms. The minimum atomic E-state index is -0.423. The van der Waals surface area contributed by atoms with E-state index in [1.165, 1.54) is 4.48 Å². The van der Waals surface area contributed by atoms with Gasteiger partial charge in [0, 0.05) is 19.0 Å². The Morgan fingerprint density at radius 3 is 2.50 bits per heavy atom. The molecule has 1 aliphatic carbocycles. The number of nitrogens with one attached hydrogen (secondary N) is 1. The summed E-state index contributed by atoms with van der Waals surface area (Å²) in [6.45, 7) is 12.1. The van der Waals surface area contributed by atoms with Crippen molar-refractivity contribution >= 4 is 27.6 Å². The zero-order valence-corrected chi connectivity index (χ0v) is 21.2. The van der Waals surface area contributed by atoms with Gasteiger partial charge >= 0.3 is 5.97 Å². The van der Waals surface area contributed by atoms with Gasteiger partial charge in [-0.1, -0.05) is 48.4 Å². The molecule has 1 N–H and O–H groups in total. The second kappa shape index (κ2) is 11.5. The molecular weight excluding hydrogens is 440 g/mol. The summed E-state index contributed by atoms with van der Waals surface area (Å²) in [5.74, 6) is 0.668. The highest BCUT2D eigenvalue weighted by molar-refractivity contribution is 9.11. The van der Waals surface area contributed by atoms with Gasteiger partial charge in [0.15, 0.2) is 0 Å². The highest BCUT2D eigenvalue weighted by Gasteiger charge is 2.27. The standard InChI is InChI=1S/C25H41BrN2O2/c1-18-11-14-22(23(27)19(2)12-13-21(26)17-18)28-15-7-6-9-20(10-8-16-28)24(29)30-25(3,4)5/h14,17-20,27H,6-13,15-16H2,1-5H3/b21-17?,22-14-,27-23?. The van der Waals surface area contributed by atoms with Gasteiger partial charge in [0.05, 0.1) is 17.3 Å². The molecule has 30 heavy (non-hydrogen) atoms. The molecule has 2 rings (SSSR count). The summed E-state index contributed by atoms with van der Waals surface area (Å²) < 4.78 is 6.92. The van der Waals surface area contributed by atoms with E-state index in [0.717, 1.165) is 75.9 Å². The van der Waals surface area contributed by atoms with Gasteiger partial charge in [0.2, 0.25) is 0 Å². The quantitative estimate of drug-likeness (QED) is 0.439. The van der Waals surface area contributed by atoms with Crippen molar-refractivity contribution in [3.05, 3.63) is 22.3 Å². The van der Waals surface area contributed by atoms with Crippen molar-refractivity contribution in [2.75, 3.05) is 13.1 Å². The average molecular weight is 482 g/mol. The van der Waals surface area contributed by atoms with Crippen LogP contribution >= 0.6 is 15.9 Å². The number of carbonyl (C=O) groups is 1. The van der Waals surface area contributed by atoms with Crippen LogP contribution in [0.15, 0.2) is 22.3 Å². The lowest BCUT2D eigenvalue weighted by Crippen LogP contribution is -2.32. The number of hydrogen-bond donors (Lipinski definition) is 1. The van der Waals surface area contributed by atoms with Crippen LogP contribution in [0.2, 0.25) is 0 Å². The minimum absolute atomic E-state index is 0.00286. The minimum Gasteiger partial charge on any atom is -0.460 e. The fourth-order valence-electron chi connectivity index (χ4n) is 4.26. The molecule has 3 atom stereocenters. The molecule has 4 nitrogen and oxygen atoms in total. The molecule has 0 amide bonds. The van der Waals surface area contributed by atoms with Gasteiger partial charge in [-0.25, -0.2) is 0 Å². The van der Waals surface area contributed by atoms with E-state index in [9.17, 15) is 4.79 Å². The van der Waals surface area contributed by atoms with Crippen LogP contribution in [0, 0.1) is 23.2 Å². The number of nitrogens with zero attached hydrogens (tertiary/aromatic N) is 1. The van der Waals surface area contributed by atoms with Crippen LogP contribution in [-0.4, -0.2) is 35.3 Å². The van der Waals surface area contributed by atoms with Crippen molar-refractivity contribution in [1.82, 2.24) is 4.90 Å². The third kappa shape index (κ3) is 8.20. The summed E-state index contributed by atoms with van der Waals surface area (Å²) in [6.07, 6.45) is 12.4. The number of allylic oxidation sites excluding steroid dienone is 4. The van der Waals surface area contributed by atoms with E-state index in [1.54, 1.807) is 0 Å². The summed E-state index contributed by atoms with van der Waals surface area (Å²) in [5.41, 5.74) is 1.47. The highest BCUT2D eigenvalue weighted by atomic mass is 79.9. The van der Waals surface area contributed by atoms with Gasteiger partial charge < -0.3 is 15.0 Å². The van der Waals surface area contributed by atoms with Crippen LogP contribution in [0.5, 0.6) is 0 Å². The van der Waals surface area contributed by atoms with E-state index in [1.807, 2.05) is 20.8 Å². The Labute approximate surface area is 192 Å². The fraction of sp³-hybridized carbons (Fsp3) is 0.760. The number of hydrogen-bond acceptors (Lipinski definition) is 4. The average Bonchev–Trinajstić information content (AvgIpc) is 2.76. The molecule has 1 heterocycles. The van der Waals surface area contributed by atoms with Crippen LogP contribution in [0.25, 0.3) is 0 Å². The van der Waals surface area contributed by atoms with Crippen LogP contribution in [0.1, 0.15) is 86.0 Å². The Kier molecular flexibility index (Phi) is 9.65. The van der Waals surface area contributed by atoms with E-state index in [0.29, 0.717) is 5.92 Å². The molecule has 0 aromatic rings. The molecule has 0 bridgehead atoms. The van der Waals surface area contributed by atoms with Crippen LogP contribution in [-0.2, 0) is 9.53 Å². The molecule has 1 fully saturated rings. The largest absolute Gasteiger partial charge is 0.460 e. The number of carbonyl (C=O) groups excluding carboxylic acids is 1. The van der Waals surface area contributed by atoms with E-state index >= 15 is 0 Å². The van der Waals surface area contributed by atoms with Crippen molar-refractivity contribution in [2.45, 2.75) is 91.6 Å². The van der Waals surface area contributed by atoms with Crippen LogP contribution in [0.4, 0.5) is 0 Å². The van der Waals surface area contributed by atoms with Crippen LogP contribution < -0.4 is 0 Å². The summed E-state index contributed by atoms with van der Waals surface area (Å²) in [7, 11) is 0. The summed E-state index contributed by atoms with van der Waals surface area (Å²) >= 11 is 3.70. The Hall–Kier alpha value is -1.10. The Morgan fingerprint density at radius 1 is 1.13 bits per heavy atom. The van der Waals surface area contributed by atoms with Crippen molar-refractivity contribution < 1.29 is 9.53 Å². The molecule has 0 radical (unpaired) electrons. The predicted octanol–water partition coefficient (Wildman–Crippen LogP) is 6.85. The first-order chi connectivity index (χ1) is 14.1. The molecule has 1 aliphatic heterocycles. The molecule has 3 unspecified atom stereocenters. The van der Waals surface area contributed by atoms with Crippen LogP contribution in [0.3, 0.4) is 0 Å². The van der Waals surface area contributed by atoms with Gasteiger partial charge in [-0.15, -0.1) is 0 Å². The Bertz CT molecular complexity index is 663. The van der Waals surface area contributed by atoms with Crippen molar-refractivity contribution in [3.8, 4) is 0 Å². The lowest BCUT2D eigenvalue weighted by molar-refractivity contribution is -0.160. The van der Waals surface area contributed by atoms with Crippen molar-refractivity contribution in [1.29, 1.82) is 5.41 Å². The molecule has 0 saturated carbocycles. The molecule has 0 aromatic heterocycles. The Morgan fingerprint density at radius 2 is 1.80 bits per heavy atom. The van der Waals surface area contributed by atoms with E-state index in [2.05, 4.69) is 46.8 Å². The van der Waals surface area contributed by atoms with Crippen molar-refractivity contribution in [2.24, 2.45) is 17.8 Å². The maximum absolute atomic E-state index is 12.6. The zero-order chi connectivity index (χ0) is 22.3. The number of halogens is 1. The second-order valence-corrected chi connectivity index (χ2v) is 11.1. The maximum atomic E-state index is 12.6. The fourth-order valence-corrected chi connectivity index (χ4v) is 4.94. The summed E-state index contributed by atoms with van der Waals surface area (Å²) in [6, 6.07) is 0. The van der Waals surface area contributed by atoms with Gasteiger partial charge in [0.25, 0.3) is 0 Å². The summed E-state index contributed by atoms with van der Waals surface area (Å²) in [4.78, 5) is 15.0. The highest BCUT2D eigenvalue weighted by Crippen LogP contribution is 2.28. The number of esters is 1. The van der Waals surface area contributed by atoms with Crippen molar-refractivity contribution in [3.63, 3.8) is 0 Å².